The molecule has 28 heavy (non-hydrogen) atoms. The number of halogens is 1. The van der Waals surface area contributed by atoms with Crippen LogP contribution in [0.4, 0.5) is 4.39 Å². The Bertz CT molecular complexity index is 680. The average Bonchev–Trinajstić information content (AvgIpc) is 2.95. The monoisotopic (exact) mass is 394 g/mol. The third kappa shape index (κ3) is 2.64. The van der Waals surface area contributed by atoms with Gasteiger partial charge in [-0.1, -0.05) is 13.8 Å². The molecule has 9 atom stereocenters. The predicted molar refractivity (Wildman–Crippen MR) is 103 cm³/mol. The third-order valence-corrected chi connectivity index (χ3v) is 9.59. The summed E-state index contributed by atoms with van der Waals surface area (Å²) in [5.74, 6) is 0.882. The van der Waals surface area contributed by atoms with Crippen molar-refractivity contribution in [1.29, 1.82) is 0 Å². The van der Waals surface area contributed by atoms with Crippen molar-refractivity contribution in [2.75, 3.05) is 0 Å². The van der Waals surface area contributed by atoms with Gasteiger partial charge in [0.25, 0.3) is 0 Å². The van der Waals surface area contributed by atoms with E-state index in [4.69, 9.17) is 4.74 Å². The van der Waals surface area contributed by atoms with Crippen LogP contribution in [0.3, 0.4) is 0 Å². The first-order valence-electron chi connectivity index (χ1n) is 11.1. The van der Waals surface area contributed by atoms with Gasteiger partial charge in [-0.25, -0.2) is 4.39 Å². The number of esters is 1. The van der Waals surface area contributed by atoms with Crippen LogP contribution in [0.1, 0.15) is 79.1 Å². The van der Waals surface area contributed by atoms with Crippen molar-refractivity contribution in [1.82, 2.24) is 0 Å². The lowest BCUT2D eigenvalue weighted by molar-refractivity contribution is -0.251. The minimum absolute atomic E-state index is 0.0204. The maximum atomic E-state index is 15.6. The highest BCUT2D eigenvalue weighted by Crippen LogP contribution is 2.68. The van der Waals surface area contributed by atoms with Crippen LogP contribution < -0.4 is 0 Å². The van der Waals surface area contributed by atoms with Gasteiger partial charge in [0.2, 0.25) is 0 Å². The van der Waals surface area contributed by atoms with E-state index >= 15 is 4.39 Å². The SMILES string of the molecule is CC(=O)O[C@@H]1CC[C@]2(C)[C@@H]3CC[C@@]4(C)[C@H](CC[C@H]4C(C)=O)[C@@H]3C[C@@H](F)[C@@]2(O)C1. The van der Waals surface area contributed by atoms with Gasteiger partial charge in [-0.05, 0) is 75.0 Å². The smallest absolute Gasteiger partial charge is 0.302 e. The number of carbonyl (C=O) groups excluding carboxylic acids is 2. The number of carbonyl (C=O) groups is 2. The molecule has 5 heteroatoms. The molecule has 0 heterocycles. The second-order valence-corrected chi connectivity index (χ2v) is 10.7. The van der Waals surface area contributed by atoms with Gasteiger partial charge in [-0.3, -0.25) is 9.59 Å². The second-order valence-electron chi connectivity index (χ2n) is 10.7. The van der Waals surface area contributed by atoms with E-state index in [1.807, 2.05) is 0 Å². The van der Waals surface area contributed by atoms with Gasteiger partial charge in [0.1, 0.15) is 23.7 Å². The summed E-state index contributed by atoms with van der Waals surface area (Å²) in [6.07, 6.45) is 4.09. The zero-order valence-corrected chi connectivity index (χ0v) is 17.7. The molecule has 158 valence electrons. The predicted octanol–water partition coefficient (Wildman–Crippen LogP) is 4.23. The van der Waals surface area contributed by atoms with Crippen molar-refractivity contribution < 1.29 is 23.8 Å². The Morgan fingerprint density at radius 1 is 1.04 bits per heavy atom. The van der Waals surface area contributed by atoms with Crippen molar-refractivity contribution in [3.8, 4) is 0 Å². The lowest BCUT2D eigenvalue weighted by Gasteiger charge is -2.64. The normalized spacial score (nSPS) is 52.9. The Labute approximate surface area is 167 Å². The van der Waals surface area contributed by atoms with E-state index < -0.39 is 23.3 Å². The number of rotatable bonds is 2. The van der Waals surface area contributed by atoms with E-state index in [0.29, 0.717) is 25.2 Å². The molecule has 4 saturated carbocycles. The molecule has 0 radical (unpaired) electrons. The van der Waals surface area contributed by atoms with E-state index in [0.717, 1.165) is 25.7 Å². The minimum Gasteiger partial charge on any atom is -0.462 e. The molecule has 0 aromatic heterocycles. The van der Waals surface area contributed by atoms with E-state index in [1.54, 1.807) is 6.92 Å². The van der Waals surface area contributed by atoms with Crippen LogP contribution >= 0.6 is 0 Å². The molecule has 4 rings (SSSR count). The molecule has 4 aliphatic carbocycles. The second kappa shape index (κ2) is 6.52. The summed E-state index contributed by atoms with van der Waals surface area (Å²) < 4.78 is 21.0. The van der Waals surface area contributed by atoms with Crippen LogP contribution in [0, 0.1) is 34.5 Å². The molecule has 4 aliphatic rings. The molecule has 4 nitrogen and oxygen atoms in total. The molecular formula is C23H35FO4. The lowest BCUT2D eigenvalue weighted by atomic mass is 9.42. The van der Waals surface area contributed by atoms with Crippen LogP contribution in [0.15, 0.2) is 0 Å². The fraction of sp³-hybridized carbons (Fsp3) is 0.913. The summed E-state index contributed by atoms with van der Waals surface area (Å²) in [7, 11) is 0. The third-order valence-electron chi connectivity index (χ3n) is 9.59. The van der Waals surface area contributed by atoms with Crippen molar-refractivity contribution in [3.05, 3.63) is 0 Å². The van der Waals surface area contributed by atoms with Crippen molar-refractivity contribution >= 4 is 11.8 Å². The Balaban J connectivity index is 1.63. The Hall–Kier alpha value is -0.970. The highest BCUT2D eigenvalue weighted by molar-refractivity contribution is 5.79. The standard InChI is InChI=1S/C23H35FO4/c1-13(25)17-5-6-18-16-11-20(24)23(27)12-15(28-14(2)26)7-10-22(23,4)19(16)8-9-21(17,18)3/h15-20,27H,5-12H2,1-4H3/t15-,16+,17+,18-,19-,20-,21-,22-,23+/m1/s1. The van der Waals surface area contributed by atoms with E-state index in [-0.39, 0.29) is 41.3 Å². The lowest BCUT2D eigenvalue weighted by Crippen LogP contribution is -2.67. The van der Waals surface area contributed by atoms with Gasteiger partial charge >= 0.3 is 5.97 Å². The first-order valence-corrected chi connectivity index (χ1v) is 11.1. The molecule has 0 saturated heterocycles. The number of hydrogen-bond donors (Lipinski definition) is 1. The summed E-state index contributed by atoms with van der Waals surface area (Å²) in [4.78, 5) is 23.6. The van der Waals surface area contributed by atoms with Gasteiger partial charge in [0, 0.05) is 24.7 Å². The zero-order chi connectivity index (χ0) is 20.5. The molecule has 1 N–H and O–H groups in total. The molecular weight excluding hydrogens is 359 g/mol. The van der Waals surface area contributed by atoms with Gasteiger partial charge in [-0.15, -0.1) is 0 Å². The number of aliphatic hydroxyl groups is 1. The Morgan fingerprint density at radius 3 is 2.39 bits per heavy atom. The summed E-state index contributed by atoms with van der Waals surface area (Å²) in [5, 5.41) is 11.6. The summed E-state index contributed by atoms with van der Waals surface area (Å²) in [6, 6.07) is 0. The number of fused-ring (bicyclic) bond motifs is 5. The molecule has 0 bridgehead atoms. The van der Waals surface area contributed by atoms with Crippen molar-refractivity contribution in [3.63, 3.8) is 0 Å². The zero-order valence-electron chi connectivity index (χ0n) is 17.7. The average molecular weight is 395 g/mol. The van der Waals surface area contributed by atoms with Crippen LogP contribution in [0.25, 0.3) is 0 Å². The molecule has 0 spiro atoms. The molecule has 0 aromatic rings. The highest BCUT2D eigenvalue weighted by Gasteiger charge is 2.68. The van der Waals surface area contributed by atoms with Gasteiger partial charge in [0.15, 0.2) is 0 Å². The van der Waals surface area contributed by atoms with Crippen LogP contribution in [0.5, 0.6) is 0 Å². The molecule has 0 aromatic carbocycles. The first kappa shape index (κ1) is 20.3. The molecule has 4 fully saturated rings. The number of Topliss-reactive ketones (excluding diaryl/α,β-unsaturated/α-hetero) is 1. The van der Waals surface area contributed by atoms with Crippen molar-refractivity contribution in [2.24, 2.45) is 34.5 Å². The fourth-order valence-corrected chi connectivity index (χ4v) is 8.20. The minimum atomic E-state index is -1.43. The summed E-state index contributed by atoms with van der Waals surface area (Å²) in [6.45, 7) is 7.40. The van der Waals surface area contributed by atoms with E-state index in [9.17, 15) is 14.7 Å². The number of alkyl halides is 1. The number of ether oxygens (including phenoxy) is 1. The summed E-state index contributed by atoms with van der Waals surface area (Å²) in [5.41, 5.74) is -1.95. The van der Waals surface area contributed by atoms with Gasteiger partial charge in [0.05, 0.1) is 0 Å². The van der Waals surface area contributed by atoms with Gasteiger partial charge < -0.3 is 9.84 Å². The van der Waals surface area contributed by atoms with Crippen LogP contribution in [-0.4, -0.2) is 34.7 Å². The number of ketones is 1. The van der Waals surface area contributed by atoms with Crippen molar-refractivity contribution in [2.45, 2.75) is 96.9 Å². The number of hydrogen-bond acceptors (Lipinski definition) is 4. The van der Waals surface area contributed by atoms with Gasteiger partial charge in [-0.2, -0.15) is 0 Å². The maximum absolute atomic E-state index is 15.6. The Morgan fingerprint density at radius 2 is 1.75 bits per heavy atom. The maximum Gasteiger partial charge on any atom is 0.302 e. The fourth-order valence-electron chi connectivity index (χ4n) is 8.20. The molecule has 0 aliphatic heterocycles. The van der Waals surface area contributed by atoms with E-state index in [2.05, 4.69) is 13.8 Å². The first-order chi connectivity index (χ1) is 13.0. The van der Waals surface area contributed by atoms with E-state index in [1.165, 1.54) is 6.92 Å². The largest absolute Gasteiger partial charge is 0.462 e. The summed E-state index contributed by atoms with van der Waals surface area (Å²) >= 11 is 0. The topological polar surface area (TPSA) is 63.6 Å². The van der Waals surface area contributed by atoms with Crippen LogP contribution in [-0.2, 0) is 14.3 Å². The van der Waals surface area contributed by atoms with Crippen LogP contribution in [0.2, 0.25) is 0 Å². The molecule has 0 amide bonds. The molecule has 0 unspecified atom stereocenters. The quantitative estimate of drug-likeness (QED) is 0.712. The Kier molecular flexibility index (Phi) is 4.73. The highest BCUT2D eigenvalue weighted by atomic mass is 19.1.